The number of halogens is 2. The van der Waals surface area contributed by atoms with Gasteiger partial charge < -0.3 is 14.9 Å². The average molecular weight is 546 g/mol. The molecule has 1 saturated heterocycles. The van der Waals surface area contributed by atoms with E-state index in [0.717, 1.165) is 18.4 Å². The van der Waals surface area contributed by atoms with Gasteiger partial charge in [-0.05, 0) is 60.7 Å². The summed E-state index contributed by atoms with van der Waals surface area (Å²) in [4.78, 5) is 38.3. The molecule has 1 N–H and O–H groups in total. The maximum atomic E-state index is 14.9. The van der Waals surface area contributed by atoms with Crippen LogP contribution >= 0.6 is 11.6 Å². The number of phenolic OH excluding ortho intramolecular Hbond substituents is 1. The number of piperazine rings is 1. The van der Waals surface area contributed by atoms with E-state index >= 15 is 0 Å². The van der Waals surface area contributed by atoms with Gasteiger partial charge in [0.15, 0.2) is 0 Å². The van der Waals surface area contributed by atoms with Crippen molar-refractivity contribution in [3.63, 3.8) is 0 Å². The van der Waals surface area contributed by atoms with E-state index in [4.69, 9.17) is 11.6 Å². The van der Waals surface area contributed by atoms with Gasteiger partial charge in [-0.2, -0.15) is 4.98 Å². The third-order valence-corrected chi connectivity index (χ3v) is 7.69. The summed E-state index contributed by atoms with van der Waals surface area (Å²) in [7, 11) is 0. The average Bonchev–Trinajstić information content (AvgIpc) is 3.78. The Labute approximate surface area is 228 Å². The number of carbonyl (C=O) groups excluding carboxylic acids is 1. The van der Waals surface area contributed by atoms with Crippen molar-refractivity contribution in [3.05, 3.63) is 88.3 Å². The van der Waals surface area contributed by atoms with Crippen LogP contribution in [0.4, 0.5) is 10.2 Å². The van der Waals surface area contributed by atoms with Gasteiger partial charge in [-0.15, -0.1) is 0 Å². The van der Waals surface area contributed by atoms with Gasteiger partial charge >= 0.3 is 5.69 Å². The van der Waals surface area contributed by atoms with Crippen LogP contribution in [-0.4, -0.2) is 56.6 Å². The second-order valence-electron chi connectivity index (χ2n) is 9.76. The highest BCUT2D eigenvalue weighted by molar-refractivity contribution is 6.34. The highest BCUT2D eigenvalue weighted by Crippen LogP contribution is 2.44. The summed E-state index contributed by atoms with van der Waals surface area (Å²) in [6.45, 7) is 5.37. The SMILES string of the molecule is C=CC(=O)N1CCN(c2nc(=O)n(-c3ccncc3C3CC3)c3cc(-c4c(O)cccc4F)c(Cl)cc23)CC1. The first-order valence-electron chi connectivity index (χ1n) is 12.7. The molecule has 10 heteroatoms. The highest BCUT2D eigenvalue weighted by Gasteiger charge is 2.29. The van der Waals surface area contributed by atoms with E-state index in [0.29, 0.717) is 54.5 Å². The van der Waals surface area contributed by atoms with E-state index in [1.165, 1.54) is 28.8 Å². The van der Waals surface area contributed by atoms with Crippen LogP contribution < -0.4 is 10.6 Å². The van der Waals surface area contributed by atoms with Crippen LogP contribution in [0.1, 0.15) is 24.3 Å². The summed E-state index contributed by atoms with van der Waals surface area (Å²) in [6, 6.07) is 9.13. The molecular formula is C29H25ClFN5O3. The maximum absolute atomic E-state index is 14.9. The van der Waals surface area contributed by atoms with Crippen molar-refractivity contribution in [1.29, 1.82) is 0 Å². The van der Waals surface area contributed by atoms with Gasteiger partial charge in [0.05, 0.1) is 16.8 Å². The van der Waals surface area contributed by atoms with Crippen molar-refractivity contribution in [3.8, 4) is 22.6 Å². The lowest BCUT2D eigenvalue weighted by atomic mass is 10.0. The predicted molar refractivity (Wildman–Crippen MR) is 148 cm³/mol. The topological polar surface area (TPSA) is 91.6 Å². The number of nitrogens with zero attached hydrogens (tertiary/aromatic N) is 5. The Morgan fingerprint density at radius 3 is 2.62 bits per heavy atom. The molecule has 198 valence electrons. The third-order valence-electron chi connectivity index (χ3n) is 7.37. The van der Waals surface area contributed by atoms with Crippen molar-refractivity contribution in [1.82, 2.24) is 19.4 Å². The standard InChI is InChI=1S/C29H25ClFN5O3/c1-2-26(38)34-10-12-35(13-11-34)28-19-14-21(30)18(27-22(31)4-3-5-25(27)37)15-24(19)36(29(39)33-28)23-8-9-32-16-20(23)17-6-7-17/h2-5,8-9,14-17,37H,1,6-7,10-13H2. The minimum absolute atomic E-state index is 0.0459. The van der Waals surface area contributed by atoms with Gasteiger partial charge in [-0.25, -0.2) is 9.18 Å². The number of benzene rings is 2. The number of anilines is 1. The molecule has 1 aliphatic carbocycles. The van der Waals surface area contributed by atoms with Gasteiger partial charge in [0.25, 0.3) is 0 Å². The number of fused-ring (bicyclic) bond motifs is 1. The van der Waals surface area contributed by atoms with E-state index in [-0.39, 0.29) is 27.8 Å². The fourth-order valence-electron chi connectivity index (χ4n) is 5.25. The Bertz CT molecular complexity index is 1670. The number of hydrogen-bond donors (Lipinski definition) is 1. The molecule has 1 amide bonds. The van der Waals surface area contributed by atoms with Gasteiger partial charge in [-0.3, -0.25) is 14.3 Å². The monoisotopic (exact) mass is 545 g/mol. The fourth-order valence-corrected chi connectivity index (χ4v) is 5.51. The Hall–Kier alpha value is -4.24. The van der Waals surface area contributed by atoms with E-state index in [2.05, 4.69) is 16.5 Å². The highest BCUT2D eigenvalue weighted by atomic mass is 35.5. The second-order valence-corrected chi connectivity index (χ2v) is 10.2. The van der Waals surface area contributed by atoms with Gasteiger partial charge in [0, 0.05) is 54.5 Å². The van der Waals surface area contributed by atoms with Crippen LogP contribution in [0.25, 0.3) is 27.7 Å². The van der Waals surface area contributed by atoms with Crippen molar-refractivity contribution < 1.29 is 14.3 Å². The minimum Gasteiger partial charge on any atom is -0.507 e. The molecule has 0 radical (unpaired) electrons. The first-order chi connectivity index (χ1) is 18.9. The number of hydrogen-bond acceptors (Lipinski definition) is 6. The molecule has 6 rings (SSSR count). The van der Waals surface area contributed by atoms with E-state index < -0.39 is 11.5 Å². The quantitative estimate of drug-likeness (QED) is 0.367. The maximum Gasteiger partial charge on any atom is 0.354 e. The summed E-state index contributed by atoms with van der Waals surface area (Å²) in [5, 5.41) is 11.3. The van der Waals surface area contributed by atoms with Crippen molar-refractivity contribution in [2.24, 2.45) is 0 Å². The second kappa shape index (κ2) is 9.81. The fraction of sp³-hybridized carbons (Fsp3) is 0.241. The van der Waals surface area contributed by atoms with E-state index in [9.17, 15) is 19.1 Å². The summed E-state index contributed by atoms with van der Waals surface area (Å²) >= 11 is 6.72. The predicted octanol–water partition coefficient (Wildman–Crippen LogP) is 4.66. The van der Waals surface area contributed by atoms with Crippen LogP contribution in [-0.2, 0) is 4.79 Å². The lowest BCUT2D eigenvalue weighted by Crippen LogP contribution is -2.49. The molecule has 2 fully saturated rings. The zero-order valence-corrected chi connectivity index (χ0v) is 21.7. The summed E-state index contributed by atoms with van der Waals surface area (Å²) in [6.07, 6.45) is 6.70. The Balaban J connectivity index is 1.59. The lowest BCUT2D eigenvalue weighted by Gasteiger charge is -2.35. The molecule has 39 heavy (non-hydrogen) atoms. The molecule has 2 aromatic carbocycles. The van der Waals surface area contributed by atoms with Crippen LogP contribution in [0.2, 0.25) is 5.02 Å². The molecule has 4 aromatic rings. The van der Waals surface area contributed by atoms with Crippen molar-refractivity contribution in [2.45, 2.75) is 18.8 Å². The van der Waals surface area contributed by atoms with E-state index in [1.807, 2.05) is 4.90 Å². The summed E-state index contributed by atoms with van der Waals surface area (Å²) in [5.74, 6) is -0.307. The van der Waals surface area contributed by atoms with Crippen LogP contribution in [0.3, 0.4) is 0 Å². The minimum atomic E-state index is -0.634. The summed E-state index contributed by atoms with van der Waals surface area (Å²) < 4.78 is 16.5. The third kappa shape index (κ3) is 4.42. The number of aromatic nitrogens is 3. The molecule has 0 spiro atoms. The van der Waals surface area contributed by atoms with E-state index in [1.54, 1.807) is 35.5 Å². The number of carbonyl (C=O) groups is 1. The molecule has 0 bridgehead atoms. The normalized spacial score (nSPS) is 15.5. The van der Waals surface area contributed by atoms with Crippen molar-refractivity contribution in [2.75, 3.05) is 31.1 Å². The smallest absolute Gasteiger partial charge is 0.354 e. The lowest BCUT2D eigenvalue weighted by molar-refractivity contribution is -0.126. The zero-order chi connectivity index (χ0) is 27.3. The molecule has 1 saturated carbocycles. The molecule has 8 nitrogen and oxygen atoms in total. The van der Waals surface area contributed by atoms with Crippen LogP contribution in [0.15, 0.2) is 66.2 Å². The number of rotatable bonds is 5. The number of phenols is 1. The number of amides is 1. The molecule has 1 aliphatic heterocycles. The van der Waals surface area contributed by atoms with Crippen LogP contribution in [0.5, 0.6) is 5.75 Å². The molecule has 2 aliphatic rings. The van der Waals surface area contributed by atoms with Gasteiger partial charge in [0.1, 0.15) is 17.4 Å². The van der Waals surface area contributed by atoms with Gasteiger partial charge in [-0.1, -0.05) is 24.2 Å². The molecular weight excluding hydrogens is 521 g/mol. The molecule has 0 atom stereocenters. The first kappa shape index (κ1) is 25.1. The summed E-state index contributed by atoms with van der Waals surface area (Å²) in [5.41, 5.74) is 1.79. The molecule has 3 heterocycles. The Morgan fingerprint density at radius 1 is 1.15 bits per heavy atom. The number of aromatic hydroxyl groups is 1. The van der Waals surface area contributed by atoms with Gasteiger partial charge in [0.2, 0.25) is 5.91 Å². The zero-order valence-electron chi connectivity index (χ0n) is 21.0. The molecule has 0 unspecified atom stereocenters. The number of pyridine rings is 1. The van der Waals surface area contributed by atoms with Crippen LogP contribution in [0, 0.1) is 5.82 Å². The Morgan fingerprint density at radius 2 is 1.92 bits per heavy atom. The largest absolute Gasteiger partial charge is 0.507 e. The first-order valence-corrected chi connectivity index (χ1v) is 13.1. The molecule has 2 aromatic heterocycles. The van der Waals surface area contributed by atoms with Crippen molar-refractivity contribution >= 4 is 34.2 Å². The Kier molecular flexibility index (Phi) is 6.31.